The smallest absolute Gasteiger partial charge is 0.324 e. The molecule has 0 aromatic rings. The highest BCUT2D eigenvalue weighted by molar-refractivity contribution is 5.90. The Morgan fingerprint density at radius 3 is 1.77 bits per heavy atom. The van der Waals surface area contributed by atoms with E-state index in [2.05, 4.69) is 53.7 Å². The second-order valence-electron chi connectivity index (χ2n) is 5.60. The first-order valence-corrected chi connectivity index (χ1v) is 6.99. The van der Waals surface area contributed by atoms with Crippen LogP contribution in [-0.2, 0) is 4.84 Å². The third-order valence-electron chi connectivity index (χ3n) is 1.99. The summed E-state index contributed by atoms with van der Waals surface area (Å²) in [5.74, 6) is 5.85. The predicted molar refractivity (Wildman–Crippen MR) is 87.4 cm³/mol. The van der Waals surface area contributed by atoms with Crippen LogP contribution in [0.2, 0.25) is 0 Å². The molecule has 0 atom stereocenters. The zero-order chi connectivity index (χ0) is 17.9. The molecule has 9 nitrogen and oxygen atoms in total. The summed E-state index contributed by atoms with van der Waals surface area (Å²) in [6, 6.07) is 0.705. The SMILES string of the molecule is CC(C)N=C(N=C(N(C)C)N(C)C)[NH2+]C(C)C.N=C([O-])ON. The highest BCUT2D eigenvalue weighted by atomic mass is 16.7. The number of rotatable bonds is 2. The minimum absolute atomic E-state index is 0.259. The quantitative estimate of drug-likeness (QED) is 0.320. The number of nitrogens with zero attached hydrogens (tertiary/aromatic N) is 4. The zero-order valence-corrected chi connectivity index (χ0v) is 14.9. The minimum Gasteiger partial charge on any atom is -0.533 e. The monoisotopic (exact) mass is 317 g/mol. The molecule has 0 saturated heterocycles. The highest BCUT2D eigenvalue weighted by Gasteiger charge is 2.11. The molecule has 0 aromatic carbocycles. The topological polar surface area (TPSA) is 130 Å². The van der Waals surface area contributed by atoms with E-state index in [0.717, 1.165) is 11.9 Å². The van der Waals surface area contributed by atoms with Gasteiger partial charge in [0.1, 0.15) is 0 Å². The number of hydrogen-bond acceptors (Lipinski definition) is 5. The van der Waals surface area contributed by atoms with Crippen molar-refractivity contribution in [2.45, 2.75) is 39.8 Å². The molecule has 0 aliphatic rings. The maximum atomic E-state index is 9.13. The molecular formula is C13H31N7O2. The predicted octanol–water partition coefficient (Wildman–Crippen LogP) is -1.63. The summed E-state index contributed by atoms with van der Waals surface area (Å²) in [7, 11) is 7.95. The molecule has 0 aromatic heterocycles. The van der Waals surface area contributed by atoms with Gasteiger partial charge in [-0.3, -0.25) is 16.6 Å². The van der Waals surface area contributed by atoms with E-state index in [-0.39, 0.29) is 6.04 Å². The van der Waals surface area contributed by atoms with Gasteiger partial charge in [-0.1, -0.05) is 0 Å². The van der Waals surface area contributed by atoms with Crippen LogP contribution in [0.15, 0.2) is 9.98 Å². The molecule has 0 bridgehead atoms. The standard InChI is InChI=1S/C12H27N5.CH4N2O2/c1-9(2)13-11(14-10(3)4)15-12(16(5)6)17(7)8;2-1(4)5-3/h9-10H,1-8H3,(H,13,14);3H2,(H2,2,4). The van der Waals surface area contributed by atoms with Gasteiger partial charge in [-0.25, -0.2) is 4.99 Å². The first-order valence-electron chi connectivity index (χ1n) is 6.99. The van der Waals surface area contributed by atoms with E-state index in [1.165, 1.54) is 0 Å². The van der Waals surface area contributed by atoms with Crippen LogP contribution in [0, 0.1) is 5.41 Å². The van der Waals surface area contributed by atoms with Crippen molar-refractivity contribution in [3.8, 4) is 0 Å². The number of quaternary nitrogens is 1. The lowest BCUT2D eigenvalue weighted by Crippen LogP contribution is -2.91. The fourth-order valence-electron chi connectivity index (χ4n) is 1.37. The van der Waals surface area contributed by atoms with E-state index in [4.69, 9.17) is 10.5 Å². The van der Waals surface area contributed by atoms with Crippen molar-refractivity contribution < 1.29 is 15.3 Å². The van der Waals surface area contributed by atoms with E-state index in [1.807, 2.05) is 38.0 Å². The first-order chi connectivity index (χ1) is 10.0. The van der Waals surface area contributed by atoms with Crippen molar-refractivity contribution in [2.24, 2.45) is 15.9 Å². The lowest BCUT2D eigenvalue weighted by Gasteiger charge is -2.22. The molecule has 9 heteroatoms. The summed E-state index contributed by atoms with van der Waals surface area (Å²) >= 11 is 0. The van der Waals surface area contributed by atoms with Crippen LogP contribution >= 0.6 is 0 Å². The van der Waals surface area contributed by atoms with Gasteiger partial charge < -0.3 is 19.7 Å². The van der Waals surface area contributed by atoms with Gasteiger partial charge >= 0.3 is 5.96 Å². The normalized spacial score (nSPS) is 10.8. The van der Waals surface area contributed by atoms with Crippen LogP contribution in [0.5, 0.6) is 0 Å². The molecule has 0 heterocycles. The molecule has 0 spiro atoms. The summed E-state index contributed by atoms with van der Waals surface area (Å²) in [6.45, 7) is 8.40. The van der Waals surface area contributed by atoms with Crippen molar-refractivity contribution in [1.29, 1.82) is 5.41 Å². The summed E-state index contributed by atoms with van der Waals surface area (Å²) in [5, 5.41) is 17.1. The molecule has 0 aliphatic heterocycles. The minimum atomic E-state index is -1.22. The highest BCUT2D eigenvalue weighted by Crippen LogP contribution is 1.91. The molecule has 0 rings (SSSR count). The Kier molecular flexibility index (Phi) is 12.0. The summed E-state index contributed by atoms with van der Waals surface area (Å²) in [6.07, 6.45) is -1.22. The van der Waals surface area contributed by atoms with Crippen molar-refractivity contribution in [3.05, 3.63) is 0 Å². The lowest BCUT2D eigenvalue weighted by atomic mass is 10.4. The molecular weight excluding hydrogens is 286 g/mol. The van der Waals surface area contributed by atoms with Gasteiger partial charge in [-0.2, -0.15) is 0 Å². The van der Waals surface area contributed by atoms with Crippen LogP contribution < -0.4 is 16.3 Å². The van der Waals surface area contributed by atoms with Crippen molar-refractivity contribution in [1.82, 2.24) is 9.80 Å². The molecule has 130 valence electrons. The Bertz CT molecular complexity index is 367. The van der Waals surface area contributed by atoms with E-state index < -0.39 is 6.08 Å². The van der Waals surface area contributed by atoms with Gasteiger partial charge in [0.05, 0.1) is 12.1 Å². The summed E-state index contributed by atoms with van der Waals surface area (Å²) in [4.78, 5) is 16.4. The molecule has 0 unspecified atom stereocenters. The number of nitrogens with one attached hydrogen (secondary N) is 1. The number of aliphatic imine (C=N–C) groups is 2. The molecule has 22 heavy (non-hydrogen) atoms. The average Bonchev–Trinajstić information content (AvgIpc) is 2.34. The number of hydrogen-bond donors (Lipinski definition) is 3. The molecule has 5 N–H and O–H groups in total. The van der Waals surface area contributed by atoms with E-state index in [0.29, 0.717) is 6.04 Å². The Hall–Kier alpha value is -1.87. The Morgan fingerprint density at radius 1 is 1.14 bits per heavy atom. The third-order valence-corrected chi connectivity index (χ3v) is 1.99. The maximum Gasteiger partial charge on any atom is 0.324 e. The first kappa shape index (κ1) is 22.4. The van der Waals surface area contributed by atoms with Gasteiger partial charge in [0.25, 0.3) is 0 Å². The fraction of sp³-hybridized carbons (Fsp3) is 0.769. The Balaban J connectivity index is 0. The lowest BCUT2D eigenvalue weighted by molar-refractivity contribution is -0.574. The van der Waals surface area contributed by atoms with Crippen LogP contribution in [0.3, 0.4) is 0 Å². The largest absolute Gasteiger partial charge is 0.533 e. The van der Waals surface area contributed by atoms with Crippen molar-refractivity contribution in [3.63, 3.8) is 0 Å². The molecule has 0 fully saturated rings. The third kappa shape index (κ3) is 13.1. The second-order valence-corrected chi connectivity index (χ2v) is 5.60. The molecule has 0 radical (unpaired) electrons. The second kappa shape index (κ2) is 11.8. The van der Waals surface area contributed by atoms with Crippen molar-refractivity contribution in [2.75, 3.05) is 28.2 Å². The van der Waals surface area contributed by atoms with Crippen LogP contribution in [-0.4, -0.2) is 68.1 Å². The van der Waals surface area contributed by atoms with Crippen LogP contribution in [0.1, 0.15) is 27.7 Å². The number of guanidine groups is 2. The van der Waals surface area contributed by atoms with Gasteiger partial charge in [0.2, 0.25) is 5.96 Å². The fourth-order valence-corrected chi connectivity index (χ4v) is 1.37. The van der Waals surface area contributed by atoms with Crippen molar-refractivity contribution >= 4 is 18.0 Å². The van der Waals surface area contributed by atoms with E-state index >= 15 is 0 Å². The number of nitrogens with two attached hydrogens (primary N) is 2. The summed E-state index contributed by atoms with van der Waals surface area (Å²) < 4.78 is 0. The zero-order valence-electron chi connectivity index (χ0n) is 14.9. The summed E-state index contributed by atoms with van der Waals surface area (Å²) in [5.41, 5.74) is 0. The Morgan fingerprint density at radius 2 is 1.55 bits per heavy atom. The Labute approximate surface area is 133 Å². The van der Waals surface area contributed by atoms with E-state index in [1.54, 1.807) is 0 Å². The molecule has 0 aliphatic carbocycles. The van der Waals surface area contributed by atoms with Crippen LogP contribution in [0.25, 0.3) is 0 Å². The van der Waals surface area contributed by atoms with E-state index in [9.17, 15) is 0 Å². The van der Waals surface area contributed by atoms with Gasteiger partial charge in [0, 0.05) is 28.2 Å². The molecule has 0 saturated carbocycles. The molecule has 0 amide bonds. The van der Waals surface area contributed by atoms with Gasteiger partial charge in [-0.15, -0.1) is 4.99 Å². The average molecular weight is 317 g/mol. The van der Waals surface area contributed by atoms with Crippen LogP contribution in [0.4, 0.5) is 0 Å². The van der Waals surface area contributed by atoms with Gasteiger partial charge in [0.15, 0.2) is 6.08 Å². The maximum absolute atomic E-state index is 9.13. The van der Waals surface area contributed by atoms with Gasteiger partial charge in [-0.05, 0) is 27.7 Å².